The number of methoxy groups -OCH3 is 1. The maximum absolute atomic E-state index is 11.4. The number of hydrogen-bond donors (Lipinski definition) is 1. The van der Waals surface area contributed by atoms with Gasteiger partial charge in [0, 0.05) is 27.3 Å². The van der Waals surface area contributed by atoms with Crippen LogP contribution in [0.5, 0.6) is 0 Å². The molecule has 0 rings (SSSR count). The third-order valence-electron chi connectivity index (χ3n) is 1.94. The van der Waals surface area contributed by atoms with E-state index in [1.54, 1.807) is 21.1 Å². The molecule has 2 amide bonds. The zero-order valence-electron chi connectivity index (χ0n) is 9.96. The summed E-state index contributed by atoms with van der Waals surface area (Å²) >= 11 is 5.61. The third-order valence-corrected chi connectivity index (χ3v) is 2.13. The summed E-state index contributed by atoms with van der Waals surface area (Å²) in [5.74, 6) is -0.446. The molecule has 1 N–H and O–H groups in total. The highest BCUT2D eigenvalue weighted by atomic mass is 35.5. The SMILES string of the molecule is COCCCNC(=O)CN(C)C(=O)C(C)Cl. The molecule has 1 atom stereocenters. The predicted molar refractivity (Wildman–Crippen MR) is 62.5 cm³/mol. The minimum Gasteiger partial charge on any atom is -0.385 e. The number of hydrogen-bond acceptors (Lipinski definition) is 3. The highest BCUT2D eigenvalue weighted by Crippen LogP contribution is 1.98. The summed E-state index contributed by atoms with van der Waals surface area (Å²) in [5.41, 5.74) is 0. The highest BCUT2D eigenvalue weighted by Gasteiger charge is 2.16. The number of nitrogens with zero attached hydrogens (tertiary/aromatic N) is 1. The molecule has 94 valence electrons. The van der Waals surface area contributed by atoms with Gasteiger partial charge in [-0.25, -0.2) is 0 Å². The van der Waals surface area contributed by atoms with Gasteiger partial charge >= 0.3 is 0 Å². The van der Waals surface area contributed by atoms with Crippen molar-refractivity contribution in [3.05, 3.63) is 0 Å². The average molecular weight is 251 g/mol. The van der Waals surface area contributed by atoms with Gasteiger partial charge < -0.3 is 15.0 Å². The van der Waals surface area contributed by atoms with Gasteiger partial charge in [0.15, 0.2) is 0 Å². The largest absolute Gasteiger partial charge is 0.385 e. The summed E-state index contributed by atoms with van der Waals surface area (Å²) in [6.07, 6.45) is 0.756. The van der Waals surface area contributed by atoms with Crippen LogP contribution in [0, 0.1) is 0 Å². The molecule has 0 aromatic heterocycles. The Morgan fingerprint density at radius 3 is 2.62 bits per heavy atom. The molecule has 16 heavy (non-hydrogen) atoms. The molecule has 0 radical (unpaired) electrons. The summed E-state index contributed by atoms with van der Waals surface area (Å²) in [6.45, 7) is 2.76. The van der Waals surface area contributed by atoms with E-state index in [-0.39, 0.29) is 18.4 Å². The number of amides is 2. The molecule has 0 fully saturated rings. The normalized spacial score (nSPS) is 12.0. The molecule has 0 bridgehead atoms. The number of rotatable bonds is 7. The van der Waals surface area contributed by atoms with Gasteiger partial charge in [0.2, 0.25) is 11.8 Å². The van der Waals surface area contributed by atoms with Gasteiger partial charge in [-0.05, 0) is 13.3 Å². The Bertz CT molecular complexity index is 234. The first-order valence-electron chi connectivity index (χ1n) is 5.13. The molecule has 1 unspecified atom stereocenters. The van der Waals surface area contributed by atoms with Gasteiger partial charge in [-0.15, -0.1) is 11.6 Å². The maximum atomic E-state index is 11.4. The molecule has 0 spiro atoms. The number of ether oxygens (including phenoxy) is 1. The van der Waals surface area contributed by atoms with Crippen LogP contribution in [0.1, 0.15) is 13.3 Å². The Kier molecular flexibility index (Phi) is 7.93. The van der Waals surface area contributed by atoms with Gasteiger partial charge in [-0.3, -0.25) is 9.59 Å². The van der Waals surface area contributed by atoms with E-state index in [9.17, 15) is 9.59 Å². The predicted octanol–water partition coefficient (Wildman–Crippen LogP) is 0.225. The Hall–Kier alpha value is -0.810. The van der Waals surface area contributed by atoms with E-state index in [2.05, 4.69) is 5.32 Å². The molecular weight excluding hydrogens is 232 g/mol. The van der Waals surface area contributed by atoms with Gasteiger partial charge in [0.05, 0.1) is 6.54 Å². The number of alkyl halides is 1. The first kappa shape index (κ1) is 15.2. The second-order valence-electron chi connectivity index (χ2n) is 3.51. The Morgan fingerprint density at radius 1 is 1.50 bits per heavy atom. The molecule has 6 heteroatoms. The summed E-state index contributed by atoms with van der Waals surface area (Å²) in [6, 6.07) is 0. The van der Waals surface area contributed by atoms with Gasteiger partial charge in [-0.2, -0.15) is 0 Å². The first-order valence-corrected chi connectivity index (χ1v) is 5.57. The second-order valence-corrected chi connectivity index (χ2v) is 4.16. The first-order chi connectivity index (χ1) is 7.49. The van der Waals surface area contributed by atoms with Gasteiger partial charge in [0.1, 0.15) is 5.38 Å². The molecule has 0 aliphatic heterocycles. The van der Waals surface area contributed by atoms with E-state index in [4.69, 9.17) is 16.3 Å². The van der Waals surface area contributed by atoms with Crippen molar-refractivity contribution in [2.75, 3.05) is 33.9 Å². The minimum absolute atomic E-state index is 0.0306. The van der Waals surface area contributed by atoms with Crippen LogP contribution in [0.15, 0.2) is 0 Å². The zero-order valence-corrected chi connectivity index (χ0v) is 10.7. The van der Waals surface area contributed by atoms with Crippen LogP contribution >= 0.6 is 11.6 Å². The van der Waals surface area contributed by atoms with Crippen molar-refractivity contribution in [2.24, 2.45) is 0 Å². The van der Waals surface area contributed by atoms with Crippen LogP contribution in [0.25, 0.3) is 0 Å². The summed E-state index contributed by atoms with van der Waals surface area (Å²) < 4.78 is 4.84. The smallest absolute Gasteiger partial charge is 0.240 e. The van der Waals surface area contributed by atoms with E-state index < -0.39 is 5.38 Å². The van der Waals surface area contributed by atoms with Crippen molar-refractivity contribution in [2.45, 2.75) is 18.7 Å². The van der Waals surface area contributed by atoms with E-state index in [1.165, 1.54) is 4.90 Å². The topological polar surface area (TPSA) is 58.6 Å². The van der Waals surface area contributed by atoms with Crippen molar-refractivity contribution < 1.29 is 14.3 Å². The van der Waals surface area contributed by atoms with Gasteiger partial charge in [0.25, 0.3) is 0 Å². The molecule has 0 aliphatic rings. The maximum Gasteiger partial charge on any atom is 0.240 e. The number of carbonyl (C=O) groups excluding carboxylic acids is 2. The number of carbonyl (C=O) groups is 2. The average Bonchev–Trinajstić information content (AvgIpc) is 2.23. The fraction of sp³-hybridized carbons (Fsp3) is 0.800. The van der Waals surface area contributed by atoms with Crippen LogP contribution in [0.2, 0.25) is 0 Å². The van der Waals surface area contributed by atoms with Crippen molar-refractivity contribution >= 4 is 23.4 Å². The number of nitrogens with one attached hydrogen (secondary N) is 1. The highest BCUT2D eigenvalue weighted by molar-refractivity contribution is 6.30. The van der Waals surface area contributed by atoms with Gasteiger partial charge in [-0.1, -0.05) is 0 Å². The monoisotopic (exact) mass is 250 g/mol. The molecule has 0 aromatic carbocycles. The molecule has 5 nitrogen and oxygen atoms in total. The summed E-state index contributed by atoms with van der Waals surface area (Å²) in [4.78, 5) is 24.0. The van der Waals surface area contributed by atoms with E-state index in [0.29, 0.717) is 13.2 Å². The summed E-state index contributed by atoms with van der Waals surface area (Å²) in [5, 5.41) is 2.08. The molecule has 0 heterocycles. The third kappa shape index (κ3) is 6.63. The van der Waals surface area contributed by atoms with Crippen molar-refractivity contribution in [1.82, 2.24) is 10.2 Å². The van der Waals surface area contributed by atoms with Crippen LogP contribution in [-0.2, 0) is 14.3 Å². The lowest BCUT2D eigenvalue weighted by Crippen LogP contribution is -2.41. The lowest BCUT2D eigenvalue weighted by Gasteiger charge is -2.17. The Morgan fingerprint density at radius 2 is 2.12 bits per heavy atom. The molecular formula is C10H19ClN2O3. The summed E-state index contributed by atoms with van der Waals surface area (Å²) in [7, 11) is 3.16. The van der Waals surface area contributed by atoms with Crippen molar-refractivity contribution in [3.8, 4) is 0 Å². The van der Waals surface area contributed by atoms with E-state index >= 15 is 0 Å². The quantitative estimate of drug-likeness (QED) is 0.520. The van der Waals surface area contributed by atoms with Crippen LogP contribution in [-0.4, -0.2) is 55.9 Å². The standard InChI is InChI=1S/C10H19ClN2O3/c1-8(11)10(15)13(2)7-9(14)12-5-4-6-16-3/h8H,4-7H2,1-3H3,(H,12,14). The second kappa shape index (κ2) is 8.35. The Labute approximate surface area is 101 Å². The fourth-order valence-corrected chi connectivity index (χ4v) is 1.26. The zero-order chi connectivity index (χ0) is 12.6. The lowest BCUT2D eigenvalue weighted by atomic mass is 10.4. The molecule has 0 saturated heterocycles. The molecule has 0 aromatic rings. The van der Waals surface area contributed by atoms with E-state index in [1.807, 2.05) is 0 Å². The lowest BCUT2D eigenvalue weighted by molar-refractivity contribution is -0.134. The van der Waals surface area contributed by atoms with Crippen molar-refractivity contribution in [3.63, 3.8) is 0 Å². The number of likely N-dealkylation sites (N-methyl/N-ethyl adjacent to an activating group) is 1. The van der Waals surface area contributed by atoms with Crippen molar-refractivity contribution in [1.29, 1.82) is 0 Å². The Balaban J connectivity index is 3.74. The minimum atomic E-state index is -0.605. The number of halogens is 1. The molecule has 0 saturated carbocycles. The van der Waals surface area contributed by atoms with Crippen LogP contribution in [0.4, 0.5) is 0 Å². The van der Waals surface area contributed by atoms with Crippen LogP contribution < -0.4 is 5.32 Å². The fourth-order valence-electron chi connectivity index (χ4n) is 1.10. The van der Waals surface area contributed by atoms with Crippen LogP contribution in [0.3, 0.4) is 0 Å². The molecule has 0 aliphatic carbocycles. The van der Waals surface area contributed by atoms with E-state index in [0.717, 1.165) is 6.42 Å².